The Morgan fingerprint density at radius 1 is 1.38 bits per heavy atom. The van der Waals surface area contributed by atoms with E-state index in [1.54, 1.807) is 0 Å². The Morgan fingerprint density at radius 2 is 2.10 bits per heavy atom. The highest BCUT2D eigenvalue weighted by atomic mass is 35.5. The maximum absolute atomic E-state index is 12.1. The SMILES string of the molecule is Nc1cc(Cl)ccc1S(=O)(=O)NCCCC(=O)NC1CC1. The number of hydrogen-bond donors (Lipinski definition) is 3. The monoisotopic (exact) mass is 331 g/mol. The molecule has 1 aliphatic carbocycles. The molecule has 0 spiro atoms. The Bertz CT molecular complexity index is 630. The fraction of sp³-hybridized carbons (Fsp3) is 0.462. The molecule has 1 aromatic carbocycles. The summed E-state index contributed by atoms with van der Waals surface area (Å²) in [5, 5.41) is 3.23. The van der Waals surface area contributed by atoms with E-state index in [0.717, 1.165) is 12.8 Å². The van der Waals surface area contributed by atoms with E-state index >= 15 is 0 Å². The molecule has 8 heteroatoms. The quantitative estimate of drug-likeness (QED) is 0.517. The third-order valence-corrected chi connectivity index (χ3v) is 4.85. The predicted molar refractivity (Wildman–Crippen MR) is 81.5 cm³/mol. The lowest BCUT2D eigenvalue weighted by Crippen LogP contribution is -2.28. The van der Waals surface area contributed by atoms with E-state index in [4.69, 9.17) is 17.3 Å². The molecule has 0 atom stereocenters. The Labute approximate surface area is 129 Å². The molecule has 0 saturated heterocycles. The van der Waals surface area contributed by atoms with Crippen LogP contribution < -0.4 is 15.8 Å². The van der Waals surface area contributed by atoms with Crippen molar-refractivity contribution in [3.63, 3.8) is 0 Å². The van der Waals surface area contributed by atoms with Crippen LogP contribution in [0.25, 0.3) is 0 Å². The van der Waals surface area contributed by atoms with Crippen molar-refractivity contribution in [3.05, 3.63) is 23.2 Å². The molecule has 0 aliphatic heterocycles. The van der Waals surface area contributed by atoms with Crippen LogP contribution in [0.4, 0.5) is 5.69 Å². The minimum atomic E-state index is -3.68. The zero-order chi connectivity index (χ0) is 15.5. The molecule has 1 aromatic rings. The summed E-state index contributed by atoms with van der Waals surface area (Å²) in [6.07, 6.45) is 2.81. The fourth-order valence-electron chi connectivity index (χ4n) is 1.82. The first-order chi connectivity index (χ1) is 9.88. The highest BCUT2D eigenvalue weighted by molar-refractivity contribution is 7.89. The minimum Gasteiger partial charge on any atom is -0.398 e. The first-order valence-corrected chi connectivity index (χ1v) is 8.58. The number of hydrogen-bond acceptors (Lipinski definition) is 4. The van der Waals surface area contributed by atoms with E-state index in [1.807, 2.05) is 0 Å². The zero-order valence-electron chi connectivity index (χ0n) is 11.4. The lowest BCUT2D eigenvalue weighted by Gasteiger charge is -2.09. The summed E-state index contributed by atoms with van der Waals surface area (Å²) in [4.78, 5) is 11.5. The van der Waals surface area contributed by atoms with Crippen molar-refractivity contribution >= 4 is 33.2 Å². The van der Waals surface area contributed by atoms with Crippen LogP contribution in [-0.2, 0) is 14.8 Å². The van der Waals surface area contributed by atoms with Gasteiger partial charge in [0.2, 0.25) is 15.9 Å². The second kappa shape index (κ2) is 6.64. The number of nitrogen functional groups attached to an aromatic ring is 1. The summed E-state index contributed by atoms with van der Waals surface area (Å²) >= 11 is 5.74. The average Bonchev–Trinajstić information content (AvgIpc) is 3.18. The molecule has 1 saturated carbocycles. The molecule has 1 fully saturated rings. The van der Waals surface area contributed by atoms with Crippen molar-refractivity contribution in [2.75, 3.05) is 12.3 Å². The Balaban J connectivity index is 1.81. The van der Waals surface area contributed by atoms with E-state index in [0.29, 0.717) is 23.9 Å². The van der Waals surface area contributed by atoms with Gasteiger partial charge in [-0.15, -0.1) is 0 Å². The van der Waals surface area contributed by atoms with E-state index in [2.05, 4.69) is 10.0 Å². The first-order valence-electron chi connectivity index (χ1n) is 6.72. The average molecular weight is 332 g/mol. The van der Waals surface area contributed by atoms with Crippen molar-refractivity contribution in [3.8, 4) is 0 Å². The smallest absolute Gasteiger partial charge is 0.242 e. The second-order valence-electron chi connectivity index (χ2n) is 5.03. The largest absolute Gasteiger partial charge is 0.398 e. The molecule has 116 valence electrons. The molecule has 1 aliphatic rings. The maximum Gasteiger partial charge on any atom is 0.242 e. The van der Waals surface area contributed by atoms with Gasteiger partial charge in [-0.2, -0.15) is 0 Å². The van der Waals surface area contributed by atoms with Gasteiger partial charge < -0.3 is 11.1 Å². The fourth-order valence-corrected chi connectivity index (χ4v) is 3.19. The first kappa shape index (κ1) is 16.1. The van der Waals surface area contributed by atoms with Gasteiger partial charge in [0.1, 0.15) is 4.90 Å². The van der Waals surface area contributed by atoms with Gasteiger partial charge in [-0.3, -0.25) is 4.79 Å². The van der Waals surface area contributed by atoms with Crippen LogP contribution in [-0.4, -0.2) is 26.9 Å². The van der Waals surface area contributed by atoms with E-state index in [-0.39, 0.29) is 23.0 Å². The number of nitrogens with two attached hydrogens (primary N) is 1. The molecule has 2 rings (SSSR count). The highest BCUT2D eigenvalue weighted by Gasteiger charge is 2.23. The molecule has 0 aromatic heterocycles. The number of rotatable bonds is 7. The molecule has 0 radical (unpaired) electrons. The highest BCUT2D eigenvalue weighted by Crippen LogP contribution is 2.22. The van der Waals surface area contributed by atoms with Crippen LogP contribution in [0.3, 0.4) is 0 Å². The summed E-state index contributed by atoms with van der Waals surface area (Å²) in [7, 11) is -3.68. The van der Waals surface area contributed by atoms with Gasteiger partial charge in [0.05, 0.1) is 5.69 Å². The lowest BCUT2D eigenvalue weighted by molar-refractivity contribution is -0.121. The van der Waals surface area contributed by atoms with E-state index < -0.39 is 10.0 Å². The summed E-state index contributed by atoms with van der Waals surface area (Å²) < 4.78 is 26.6. The molecule has 0 heterocycles. The standard InChI is InChI=1S/C13H18ClN3O3S/c14-9-3-6-12(11(15)8-9)21(19,20)16-7-1-2-13(18)17-10-4-5-10/h3,6,8,10,16H,1-2,4-5,7,15H2,(H,17,18). The van der Waals surface area contributed by atoms with Gasteiger partial charge in [-0.1, -0.05) is 11.6 Å². The molecule has 1 amide bonds. The summed E-state index contributed by atoms with van der Waals surface area (Å²) in [6.45, 7) is 0.183. The summed E-state index contributed by atoms with van der Waals surface area (Å²) in [5.74, 6) is -0.0392. The third kappa shape index (κ3) is 4.87. The number of anilines is 1. The van der Waals surface area contributed by atoms with Crippen LogP contribution in [0.15, 0.2) is 23.1 Å². The number of carbonyl (C=O) groups is 1. The van der Waals surface area contributed by atoms with Crippen LogP contribution in [0.1, 0.15) is 25.7 Å². The van der Waals surface area contributed by atoms with Crippen molar-refractivity contribution in [1.82, 2.24) is 10.0 Å². The molecule has 21 heavy (non-hydrogen) atoms. The molecule has 6 nitrogen and oxygen atoms in total. The van der Waals surface area contributed by atoms with Gasteiger partial charge in [0, 0.05) is 24.0 Å². The third-order valence-electron chi connectivity index (χ3n) is 3.08. The van der Waals surface area contributed by atoms with Gasteiger partial charge in [-0.25, -0.2) is 13.1 Å². The summed E-state index contributed by atoms with van der Waals surface area (Å²) in [6, 6.07) is 4.54. The number of halogens is 1. The van der Waals surface area contributed by atoms with Crippen LogP contribution in [0.2, 0.25) is 5.02 Å². The van der Waals surface area contributed by atoms with Gasteiger partial charge >= 0.3 is 0 Å². The summed E-state index contributed by atoms with van der Waals surface area (Å²) in [5.41, 5.74) is 5.75. The zero-order valence-corrected chi connectivity index (χ0v) is 13.0. The van der Waals surface area contributed by atoms with E-state index in [1.165, 1.54) is 18.2 Å². The van der Waals surface area contributed by atoms with Crippen LogP contribution >= 0.6 is 11.6 Å². The number of benzene rings is 1. The van der Waals surface area contributed by atoms with Gasteiger partial charge in [-0.05, 0) is 37.5 Å². The van der Waals surface area contributed by atoms with Gasteiger partial charge in [0.15, 0.2) is 0 Å². The molecule has 0 bridgehead atoms. The molecule has 4 N–H and O–H groups in total. The van der Waals surface area contributed by atoms with Crippen molar-refractivity contribution < 1.29 is 13.2 Å². The number of nitrogens with one attached hydrogen (secondary N) is 2. The van der Waals surface area contributed by atoms with Crippen molar-refractivity contribution in [2.45, 2.75) is 36.6 Å². The normalized spacial score (nSPS) is 14.9. The van der Waals surface area contributed by atoms with Gasteiger partial charge in [0.25, 0.3) is 0 Å². The Hall–Kier alpha value is -1.31. The maximum atomic E-state index is 12.1. The Morgan fingerprint density at radius 3 is 2.71 bits per heavy atom. The Kier molecular flexibility index (Phi) is 5.08. The predicted octanol–water partition coefficient (Wildman–Crippen LogP) is 1.26. The van der Waals surface area contributed by atoms with Crippen LogP contribution in [0, 0.1) is 0 Å². The molecular formula is C13H18ClN3O3S. The topological polar surface area (TPSA) is 101 Å². The van der Waals surface area contributed by atoms with Crippen molar-refractivity contribution in [2.24, 2.45) is 0 Å². The number of amides is 1. The van der Waals surface area contributed by atoms with E-state index in [9.17, 15) is 13.2 Å². The van der Waals surface area contributed by atoms with Crippen molar-refractivity contribution in [1.29, 1.82) is 0 Å². The molecule has 0 unspecified atom stereocenters. The minimum absolute atomic E-state index is 0.00525. The molecular weight excluding hydrogens is 314 g/mol. The second-order valence-corrected chi connectivity index (χ2v) is 7.20. The lowest BCUT2D eigenvalue weighted by atomic mass is 10.3. The number of sulfonamides is 1. The van der Waals surface area contributed by atoms with Crippen LogP contribution in [0.5, 0.6) is 0 Å². The number of carbonyl (C=O) groups excluding carboxylic acids is 1.